The van der Waals surface area contributed by atoms with Crippen LogP contribution in [0.3, 0.4) is 0 Å². The molecule has 1 aromatic heterocycles. The van der Waals surface area contributed by atoms with Gasteiger partial charge in [0.2, 0.25) is 0 Å². The Balaban J connectivity index is 1.84. The molecule has 0 radical (unpaired) electrons. The van der Waals surface area contributed by atoms with Gasteiger partial charge in [-0.05, 0) is 49.1 Å². The molecule has 5 heteroatoms. The Bertz CT molecular complexity index is 741. The van der Waals surface area contributed by atoms with E-state index in [1.165, 1.54) is 12.1 Å². The number of anilines is 1. The molecule has 1 aliphatic heterocycles. The summed E-state index contributed by atoms with van der Waals surface area (Å²) in [4.78, 5) is 6.45. The number of aromatic nitrogens is 1. The maximum Gasteiger partial charge on any atom is 0.146 e. The molecule has 0 bridgehead atoms. The molecule has 0 spiro atoms. The van der Waals surface area contributed by atoms with E-state index in [-0.39, 0.29) is 17.8 Å². The van der Waals surface area contributed by atoms with E-state index < -0.39 is 0 Å². The minimum atomic E-state index is -0.305. The normalized spacial score (nSPS) is 20.6. The van der Waals surface area contributed by atoms with Gasteiger partial charge in [-0.3, -0.25) is 0 Å². The van der Waals surface area contributed by atoms with Crippen molar-refractivity contribution < 1.29 is 9.50 Å². The number of nitriles is 1. The average Bonchev–Trinajstić information content (AvgIpc) is 2.64. The molecule has 3 rings (SSSR count). The first-order valence-corrected chi connectivity index (χ1v) is 8.11. The molecule has 0 unspecified atom stereocenters. The molecule has 1 N–H and O–H groups in total. The number of pyridine rings is 1. The van der Waals surface area contributed by atoms with Crippen LogP contribution in [-0.4, -0.2) is 29.8 Å². The number of rotatable bonds is 4. The van der Waals surface area contributed by atoms with Gasteiger partial charge in [0, 0.05) is 24.7 Å². The second-order valence-electron chi connectivity index (χ2n) is 6.47. The van der Waals surface area contributed by atoms with Crippen LogP contribution in [0, 0.1) is 22.6 Å². The van der Waals surface area contributed by atoms with Crippen LogP contribution in [0.5, 0.6) is 0 Å². The highest BCUT2D eigenvalue weighted by Gasteiger charge is 2.36. The van der Waals surface area contributed by atoms with Gasteiger partial charge >= 0.3 is 0 Å². The summed E-state index contributed by atoms with van der Waals surface area (Å²) in [6.45, 7) is 1.50. The largest absolute Gasteiger partial charge is 0.396 e. The molecule has 0 saturated carbocycles. The summed E-state index contributed by atoms with van der Waals surface area (Å²) in [6.07, 6.45) is 4.18. The second-order valence-corrected chi connectivity index (χ2v) is 6.47. The van der Waals surface area contributed by atoms with Crippen LogP contribution in [0.25, 0.3) is 0 Å². The zero-order valence-electron chi connectivity index (χ0n) is 13.5. The quantitative estimate of drug-likeness (QED) is 0.939. The van der Waals surface area contributed by atoms with Gasteiger partial charge in [0.15, 0.2) is 0 Å². The van der Waals surface area contributed by atoms with Gasteiger partial charge in [0.25, 0.3) is 0 Å². The van der Waals surface area contributed by atoms with Crippen molar-refractivity contribution >= 4 is 5.82 Å². The molecule has 1 saturated heterocycles. The Kier molecular flexibility index (Phi) is 4.77. The van der Waals surface area contributed by atoms with Crippen LogP contribution in [0.4, 0.5) is 10.2 Å². The van der Waals surface area contributed by atoms with E-state index in [1.807, 2.05) is 0 Å². The molecule has 1 fully saturated rings. The number of aliphatic hydroxyl groups is 1. The highest BCUT2D eigenvalue weighted by molar-refractivity contribution is 5.54. The summed E-state index contributed by atoms with van der Waals surface area (Å²) >= 11 is 0. The summed E-state index contributed by atoms with van der Waals surface area (Å²) in [5.41, 5.74) is 1.25. The Morgan fingerprint density at radius 3 is 2.79 bits per heavy atom. The Hall–Kier alpha value is -2.45. The fourth-order valence-corrected chi connectivity index (χ4v) is 3.49. The number of benzene rings is 1. The number of hydrogen-bond acceptors (Lipinski definition) is 4. The zero-order chi connectivity index (χ0) is 17.0. The summed E-state index contributed by atoms with van der Waals surface area (Å²) in [6, 6.07) is 12.1. The standard InChI is InChI=1S/C19H20FN3O/c20-17-6-4-15(5-7-17)11-19(14-24)8-2-10-23(13-19)18-16(12-21)3-1-9-22-18/h1,3-7,9,24H,2,8,10-11,13-14H2/t19-/m1/s1. The van der Waals surface area contributed by atoms with Crippen LogP contribution in [0.1, 0.15) is 24.0 Å². The lowest BCUT2D eigenvalue weighted by atomic mass is 9.75. The van der Waals surface area contributed by atoms with Crippen LogP contribution >= 0.6 is 0 Å². The molecule has 1 aromatic carbocycles. The number of nitrogens with zero attached hydrogens (tertiary/aromatic N) is 3. The van der Waals surface area contributed by atoms with Crippen molar-refractivity contribution in [3.8, 4) is 6.07 Å². The third-order valence-corrected chi connectivity index (χ3v) is 4.70. The lowest BCUT2D eigenvalue weighted by molar-refractivity contribution is 0.105. The monoisotopic (exact) mass is 325 g/mol. The highest BCUT2D eigenvalue weighted by atomic mass is 19.1. The van der Waals surface area contributed by atoms with Gasteiger partial charge in [0.1, 0.15) is 17.7 Å². The SMILES string of the molecule is N#Cc1cccnc1N1CCC[C@@](CO)(Cc2ccc(F)cc2)C1. The van der Waals surface area contributed by atoms with E-state index in [2.05, 4.69) is 16.0 Å². The topological polar surface area (TPSA) is 60.2 Å². The Morgan fingerprint density at radius 2 is 2.08 bits per heavy atom. The smallest absolute Gasteiger partial charge is 0.146 e. The Labute approximate surface area is 141 Å². The lowest BCUT2D eigenvalue weighted by Crippen LogP contribution is -2.47. The van der Waals surface area contributed by atoms with Crippen molar-refractivity contribution in [3.63, 3.8) is 0 Å². The molecular formula is C19H20FN3O. The van der Waals surface area contributed by atoms with Crippen molar-refractivity contribution in [2.24, 2.45) is 5.41 Å². The number of halogens is 1. The van der Waals surface area contributed by atoms with E-state index in [0.717, 1.165) is 24.9 Å². The molecule has 2 heterocycles. The van der Waals surface area contributed by atoms with E-state index in [1.54, 1.807) is 30.5 Å². The predicted octanol–water partition coefficient (Wildman–Crippen LogP) is 2.91. The van der Waals surface area contributed by atoms with Crippen LogP contribution in [0.2, 0.25) is 0 Å². The minimum absolute atomic E-state index is 0.0512. The third kappa shape index (κ3) is 3.39. The van der Waals surface area contributed by atoms with E-state index in [4.69, 9.17) is 0 Å². The molecule has 124 valence electrons. The predicted molar refractivity (Wildman–Crippen MR) is 90.0 cm³/mol. The van der Waals surface area contributed by atoms with Gasteiger partial charge in [-0.25, -0.2) is 9.37 Å². The number of aliphatic hydroxyl groups excluding tert-OH is 1. The molecule has 24 heavy (non-hydrogen) atoms. The highest BCUT2D eigenvalue weighted by Crippen LogP contribution is 2.35. The fraction of sp³-hybridized carbons (Fsp3) is 0.368. The van der Waals surface area contributed by atoms with Crippen LogP contribution in [-0.2, 0) is 6.42 Å². The second kappa shape index (κ2) is 6.98. The summed E-state index contributed by atoms with van der Waals surface area (Å²) in [5, 5.41) is 19.4. The first-order chi connectivity index (χ1) is 11.7. The van der Waals surface area contributed by atoms with Gasteiger partial charge in [-0.2, -0.15) is 5.26 Å². The fourth-order valence-electron chi connectivity index (χ4n) is 3.49. The van der Waals surface area contributed by atoms with E-state index in [0.29, 0.717) is 24.3 Å². The Morgan fingerprint density at radius 1 is 1.29 bits per heavy atom. The van der Waals surface area contributed by atoms with Gasteiger partial charge in [-0.15, -0.1) is 0 Å². The van der Waals surface area contributed by atoms with Crippen molar-refractivity contribution in [1.29, 1.82) is 5.26 Å². The average molecular weight is 325 g/mol. The third-order valence-electron chi connectivity index (χ3n) is 4.70. The molecule has 1 aliphatic rings. The maximum atomic E-state index is 13.1. The summed E-state index contributed by atoms with van der Waals surface area (Å²) in [7, 11) is 0. The van der Waals surface area contributed by atoms with Gasteiger partial charge < -0.3 is 10.0 Å². The van der Waals surface area contributed by atoms with Gasteiger partial charge in [-0.1, -0.05) is 12.1 Å². The van der Waals surface area contributed by atoms with Crippen molar-refractivity contribution in [3.05, 3.63) is 59.5 Å². The first kappa shape index (κ1) is 16.4. The van der Waals surface area contributed by atoms with Gasteiger partial charge in [0.05, 0.1) is 12.2 Å². The van der Waals surface area contributed by atoms with Crippen LogP contribution in [0.15, 0.2) is 42.6 Å². The lowest BCUT2D eigenvalue weighted by Gasteiger charge is -2.42. The van der Waals surface area contributed by atoms with Crippen LogP contribution < -0.4 is 4.90 Å². The minimum Gasteiger partial charge on any atom is -0.396 e. The van der Waals surface area contributed by atoms with E-state index in [9.17, 15) is 14.8 Å². The summed E-state index contributed by atoms with van der Waals surface area (Å²) < 4.78 is 13.1. The van der Waals surface area contributed by atoms with E-state index >= 15 is 0 Å². The van der Waals surface area contributed by atoms with Crippen molar-refractivity contribution in [2.45, 2.75) is 19.3 Å². The molecule has 1 atom stereocenters. The van der Waals surface area contributed by atoms with Crippen molar-refractivity contribution in [2.75, 3.05) is 24.6 Å². The molecule has 4 nitrogen and oxygen atoms in total. The number of piperidine rings is 1. The zero-order valence-corrected chi connectivity index (χ0v) is 13.5. The summed E-state index contributed by atoms with van der Waals surface area (Å²) in [5.74, 6) is 0.422. The molecule has 0 aliphatic carbocycles. The first-order valence-electron chi connectivity index (χ1n) is 8.11. The molecule has 0 amide bonds. The number of hydrogen-bond donors (Lipinski definition) is 1. The van der Waals surface area contributed by atoms with Crippen molar-refractivity contribution in [1.82, 2.24) is 4.98 Å². The maximum absolute atomic E-state index is 13.1. The molecular weight excluding hydrogens is 305 g/mol. The molecule has 2 aromatic rings.